The van der Waals surface area contributed by atoms with Gasteiger partial charge < -0.3 is 9.88 Å². The lowest BCUT2D eigenvalue weighted by Gasteiger charge is -2.13. The SMILES string of the molecule is C=CCNC(=O)c1cc2cc(F)ccc2c(=O)n1C1CC1. The molecule has 0 bridgehead atoms. The number of pyridine rings is 1. The van der Waals surface area contributed by atoms with E-state index in [2.05, 4.69) is 11.9 Å². The first-order chi connectivity index (χ1) is 10.1. The topological polar surface area (TPSA) is 51.1 Å². The first-order valence-electron chi connectivity index (χ1n) is 6.85. The van der Waals surface area contributed by atoms with E-state index < -0.39 is 5.82 Å². The number of nitrogens with zero attached hydrogens (tertiary/aromatic N) is 1. The summed E-state index contributed by atoms with van der Waals surface area (Å²) in [4.78, 5) is 24.8. The van der Waals surface area contributed by atoms with Crippen LogP contribution in [0.1, 0.15) is 29.4 Å². The molecule has 1 aromatic heterocycles. The van der Waals surface area contributed by atoms with E-state index in [1.54, 1.807) is 12.1 Å². The van der Waals surface area contributed by atoms with Crippen LogP contribution in [0, 0.1) is 5.82 Å². The quantitative estimate of drug-likeness (QED) is 0.877. The van der Waals surface area contributed by atoms with Gasteiger partial charge in [0.1, 0.15) is 11.5 Å². The highest BCUT2D eigenvalue weighted by Gasteiger charge is 2.29. The van der Waals surface area contributed by atoms with E-state index in [0.717, 1.165) is 12.8 Å². The number of aromatic nitrogens is 1. The van der Waals surface area contributed by atoms with Crippen molar-refractivity contribution in [2.75, 3.05) is 6.54 Å². The van der Waals surface area contributed by atoms with Gasteiger partial charge in [-0.1, -0.05) is 6.08 Å². The molecule has 1 aliphatic carbocycles. The fraction of sp³-hybridized carbons (Fsp3) is 0.250. The molecule has 2 aromatic rings. The van der Waals surface area contributed by atoms with Gasteiger partial charge in [0.2, 0.25) is 0 Å². The normalized spacial score (nSPS) is 14.1. The third kappa shape index (κ3) is 2.46. The summed E-state index contributed by atoms with van der Waals surface area (Å²) in [5.74, 6) is -0.770. The zero-order valence-electron chi connectivity index (χ0n) is 11.4. The van der Waals surface area contributed by atoms with Gasteiger partial charge in [0, 0.05) is 18.0 Å². The van der Waals surface area contributed by atoms with E-state index in [0.29, 0.717) is 17.3 Å². The summed E-state index contributed by atoms with van der Waals surface area (Å²) in [7, 11) is 0. The second kappa shape index (κ2) is 5.16. The number of halogens is 1. The molecule has 1 saturated carbocycles. The Bertz CT molecular complexity index is 791. The first-order valence-corrected chi connectivity index (χ1v) is 6.85. The van der Waals surface area contributed by atoms with Gasteiger partial charge in [-0.05, 0) is 42.5 Å². The van der Waals surface area contributed by atoms with Crippen molar-refractivity contribution in [3.05, 3.63) is 58.8 Å². The highest BCUT2D eigenvalue weighted by atomic mass is 19.1. The van der Waals surface area contributed by atoms with Crippen LogP contribution in [0.15, 0.2) is 41.7 Å². The molecule has 0 saturated heterocycles. The van der Waals surface area contributed by atoms with Gasteiger partial charge >= 0.3 is 0 Å². The van der Waals surface area contributed by atoms with E-state index in [9.17, 15) is 14.0 Å². The number of carbonyl (C=O) groups is 1. The van der Waals surface area contributed by atoms with Gasteiger partial charge in [-0.25, -0.2) is 4.39 Å². The minimum absolute atomic E-state index is 0.0661. The smallest absolute Gasteiger partial charge is 0.268 e. The Labute approximate surface area is 120 Å². The number of carbonyl (C=O) groups excluding carboxylic acids is 1. The summed E-state index contributed by atoms with van der Waals surface area (Å²) >= 11 is 0. The molecule has 1 heterocycles. The second-order valence-corrected chi connectivity index (χ2v) is 5.17. The molecule has 5 heteroatoms. The van der Waals surface area contributed by atoms with Gasteiger partial charge in [0.15, 0.2) is 0 Å². The maximum absolute atomic E-state index is 13.4. The number of rotatable bonds is 4. The Hall–Kier alpha value is -2.43. The number of nitrogens with one attached hydrogen (secondary N) is 1. The fourth-order valence-corrected chi connectivity index (χ4v) is 2.43. The van der Waals surface area contributed by atoms with Crippen molar-refractivity contribution in [3.63, 3.8) is 0 Å². The third-order valence-corrected chi connectivity index (χ3v) is 3.57. The van der Waals surface area contributed by atoms with Gasteiger partial charge in [-0.2, -0.15) is 0 Å². The van der Waals surface area contributed by atoms with Crippen LogP contribution in [0.4, 0.5) is 4.39 Å². The zero-order chi connectivity index (χ0) is 15.0. The molecule has 3 rings (SSSR count). The van der Waals surface area contributed by atoms with Crippen molar-refractivity contribution in [2.24, 2.45) is 0 Å². The largest absolute Gasteiger partial charge is 0.347 e. The lowest BCUT2D eigenvalue weighted by Crippen LogP contribution is -2.32. The lowest BCUT2D eigenvalue weighted by atomic mass is 10.1. The molecule has 21 heavy (non-hydrogen) atoms. The van der Waals surface area contributed by atoms with Crippen LogP contribution in [0.25, 0.3) is 10.8 Å². The molecule has 4 nitrogen and oxygen atoms in total. The van der Waals surface area contributed by atoms with Gasteiger partial charge in [0.05, 0.1) is 0 Å². The van der Waals surface area contributed by atoms with Crippen molar-refractivity contribution in [1.29, 1.82) is 0 Å². The number of fused-ring (bicyclic) bond motifs is 1. The summed E-state index contributed by atoms with van der Waals surface area (Å²) in [6.07, 6.45) is 3.33. The van der Waals surface area contributed by atoms with Crippen molar-refractivity contribution in [3.8, 4) is 0 Å². The lowest BCUT2D eigenvalue weighted by molar-refractivity contribution is 0.0947. The van der Waals surface area contributed by atoms with Crippen molar-refractivity contribution in [1.82, 2.24) is 9.88 Å². The Kier molecular flexibility index (Phi) is 3.33. The standard InChI is InChI=1S/C16H15FN2O2/c1-2-7-18-15(20)14-9-10-8-11(17)3-6-13(10)16(21)19(14)12-4-5-12/h2-3,6,8-9,12H,1,4-5,7H2,(H,18,20). The molecule has 1 fully saturated rings. The molecule has 0 radical (unpaired) electrons. The summed E-state index contributed by atoms with van der Waals surface area (Å²) in [5, 5.41) is 3.55. The summed E-state index contributed by atoms with van der Waals surface area (Å²) < 4.78 is 14.9. The first kappa shape index (κ1) is 13.5. The van der Waals surface area contributed by atoms with Crippen LogP contribution in [-0.2, 0) is 0 Å². The maximum Gasteiger partial charge on any atom is 0.268 e. The van der Waals surface area contributed by atoms with Crippen LogP contribution in [0.5, 0.6) is 0 Å². The van der Waals surface area contributed by atoms with Gasteiger partial charge in [-0.15, -0.1) is 6.58 Å². The maximum atomic E-state index is 13.4. The molecule has 1 N–H and O–H groups in total. The third-order valence-electron chi connectivity index (χ3n) is 3.57. The van der Waals surface area contributed by atoms with Crippen molar-refractivity contribution in [2.45, 2.75) is 18.9 Å². The Morgan fingerprint density at radius 3 is 2.86 bits per heavy atom. The summed E-state index contributed by atoms with van der Waals surface area (Å²) in [6, 6.07) is 5.65. The molecular formula is C16H15FN2O2. The number of benzene rings is 1. The van der Waals surface area contributed by atoms with E-state index in [4.69, 9.17) is 0 Å². The monoisotopic (exact) mass is 286 g/mol. The van der Waals surface area contributed by atoms with Crippen molar-refractivity contribution < 1.29 is 9.18 Å². The average Bonchev–Trinajstić information content (AvgIpc) is 3.28. The highest BCUT2D eigenvalue weighted by Crippen LogP contribution is 2.35. The molecular weight excluding hydrogens is 271 g/mol. The summed E-state index contributed by atoms with van der Waals surface area (Å²) in [5.41, 5.74) is 0.0428. The minimum atomic E-state index is -0.427. The van der Waals surface area contributed by atoms with E-state index in [1.165, 1.54) is 22.8 Å². The van der Waals surface area contributed by atoms with E-state index in [-0.39, 0.29) is 23.2 Å². The highest BCUT2D eigenvalue weighted by molar-refractivity contribution is 5.96. The summed E-state index contributed by atoms with van der Waals surface area (Å²) in [6.45, 7) is 3.86. The predicted octanol–water partition coefficient (Wildman–Crippen LogP) is 2.39. The average molecular weight is 286 g/mol. The molecule has 0 spiro atoms. The molecule has 1 aromatic carbocycles. The van der Waals surface area contributed by atoms with E-state index >= 15 is 0 Å². The van der Waals surface area contributed by atoms with Crippen molar-refractivity contribution >= 4 is 16.7 Å². The van der Waals surface area contributed by atoms with Crippen LogP contribution >= 0.6 is 0 Å². The molecule has 0 atom stereocenters. The van der Waals surface area contributed by atoms with Crippen LogP contribution in [0.2, 0.25) is 0 Å². The van der Waals surface area contributed by atoms with Crippen LogP contribution in [0.3, 0.4) is 0 Å². The number of hydrogen-bond donors (Lipinski definition) is 1. The van der Waals surface area contributed by atoms with Crippen LogP contribution in [-0.4, -0.2) is 17.0 Å². The van der Waals surface area contributed by atoms with Crippen LogP contribution < -0.4 is 10.9 Å². The second-order valence-electron chi connectivity index (χ2n) is 5.17. The molecule has 1 amide bonds. The molecule has 0 unspecified atom stereocenters. The minimum Gasteiger partial charge on any atom is -0.347 e. The number of amides is 1. The molecule has 0 aliphatic heterocycles. The Morgan fingerprint density at radius 1 is 1.43 bits per heavy atom. The fourth-order valence-electron chi connectivity index (χ4n) is 2.43. The Balaban J connectivity index is 2.21. The number of hydrogen-bond acceptors (Lipinski definition) is 2. The predicted molar refractivity (Wildman–Crippen MR) is 79.0 cm³/mol. The van der Waals surface area contributed by atoms with Gasteiger partial charge in [-0.3, -0.25) is 9.59 Å². The Morgan fingerprint density at radius 2 is 2.19 bits per heavy atom. The zero-order valence-corrected chi connectivity index (χ0v) is 11.4. The molecule has 108 valence electrons. The van der Waals surface area contributed by atoms with E-state index in [1.807, 2.05) is 0 Å². The van der Waals surface area contributed by atoms with Gasteiger partial charge in [0.25, 0.3) is 11.5 Å². The molecule has 1 aliphatic rings.